The summed E-state index contributed by atoms with van der Waals surface area (Å²) in [5.41, 5.74) is 1.91. The maximum absolute atomic E-state index is 11.9. The van der Waals surface area contributed by atoms with Gasteiger partial charge in [0, 0.05) is 6.54 Å². The van der Waals surface area contributed by atoms with Crippen LogP contribution in [0.3, 0.4) is 0 Å². The van der Waals surface area contributed by atoms with E-state index in [1.54, 1.807) is 17.6 Å². The molecule has 0 saturated heterocycles. The lowest BCUT2D eigenvalue weighted by molar-refractivity contribution is 0.102. The third-order valence-electron chi connectivity index (χ3n) is 2.12. The Labute approximate surface area is 108 Å². The first-order chi connectivity index (χ1) is 8.79. The maximum Gasteiger partial charge on any atom is 0.276 e. The second kappa shape index (κ2) is 6.06. The van der Waals surface area contributed by atoms with E-state index in [0.717, 1.165) is 13.0 Å². The van der Waals surface area contributed by atoms with Crippen molar-refractivity contribution in [1.29, 1.82) is 0 Å². The highest BCUT2D eigenvalue weighted by Crippen LogP contribution is 2.11. The standard InChI is InChI=1S/C11H13N5OS/c1-2-6-12-9-5-3-4-8(14-9)10(17)15-11-16-13-7-18-11/h3-5,7H,2,6H2,1H3,(H,12,14)(H,15,16,17). The van der Waals surface area contributed by atoms with Crippen LogP contribution in [0.2, 0.25) is 0 Å². The highest BCUT2D eigenvalue weighted by atomic mass is 32.1. The van der Waals surface area contributed by atoms with Crippen LogP contribution >= 0.6 is 11.3 Å². The summed E-state index contributed by atoms with van der Waals surface area (Å²) < 4.78 is 0. The summed E-state index contributed by atoms with van der Waals surface area (Å²) in [5, 5.41) is 13.6. The minimum atomic E-state index is -0.285. The van der Waals surface area contributed by atoms with Gasteiger partial charge in [0.1, 0.15) is 17.0 Å². The van der Waals surface area contributed by atoms with E-state index in [1.807, 2.05) is 6.07 Å². The van der Waals surface area contributed by atoms with Gasteiger partial charge in [-0.2, -0.15) is 0 Å². The Bertz CT molecular complexity index is 514. The fourth-order valence-electron chi connectivity index (χ4n) is 1.30. The summed E-state index contributed by atoms with van der Waals surface area (Å²) in [7, 11) is 0. The van der Waals surface area contributed by atoms with E-state index in [4.69, 9.17) is 0 Å². The molecule has 0 atom stereocenters. The highest BCUT2D eigenvalue weighted by molar-refractivity contribution is 7.13. The maximum atomic E-state index is 11.9. The summed E-state index contributed by atoms with van der Waals surface area (Å²) >= 11 is 1.27. The highest BCUT2D eigenvalue weighted by Gasteiger charge is 2.09. The van der Waals surface area contributed by atoms with Crippen molar-refractivity contribution < 1.29 is 4.79 Å². The molecule has 2 N–H and O–H groups in total. The van der Waals surface area contributed by atoms with Crippen LogP contribution in [0, 0.1) is 0 Å². The van der Waals surface area contributed by atoms with Crippen molar-refractivity contribution >= 4 is 28.2 Å². The van der Waals surface area contributed by atoms with Gasteiger partial charge in [0.25, 0.3) is 5.91 Å². The first-order valence-corrected chi connectivity index (χ1v) is 6.46. The van der Waals surface area contributed by atoms with Gasteiger partial charge in [-0.05, 0) is 18.6 Å². The fraction of sp³-hybridized carbons (Fsp3) is 0.273. The Morgan fingerprint density at radius 2 is 2.33 bits per heavy atom. The molecule has 2 aromatic heterocycles. The van der Waals surface area contributed by atoms with Crippen molar-refractivity contribution in [2.24, 2.45) is 0 Å². The van der Waals surface area contributed by atoms with E-state index >= 15 is 0 Å². The molecule has 1 amide bonds. The Hall–Kier alpha value is -2.02. The smallest absolute Gasteiger partial charge is 0.276 e. The van der Waals surface area contributed by atoms with E-state index in [1.165, 1.54) is 11.3 Å². The lowest BCUT2D eigenvalue weighted by Gasteiger charge is -2.05. The summed E-state index contributed by atoms with van der Waals surface area (Å²) in [6.07, 6.45) is 1.00. The molecule has 0 fully saturated rings. The van der Waals surface area contributed by atoms with Gasteiger partial charge in [0.15, 0.2) is 0 Å². The van der Waals surface area contributed by atoms with Crippen LogP contribution in [0.15, 0.2) is 23.7 Å². The van der Waals surface area contributed by atoms with Crippen molar-refractivity contribution in [3.8, 4) is 0 Å². The Morgan fingerprint density at radius 3 is 3.06 bits per heavy atom. The first kappa shape index (κ1) is 12.4. The molecule has 2 rings (SSSR count). The normalized spacial score (nSPS) is 10.1. The van der Waals surface area contributed by atoms with Crippen LogP contribution in [0.4, 0.5) is 10.9 Å². The topological polar surface area (TPSA) is 79.8 Å². The largest absolute Gasteiger partial charge is 0.370 e. The molecule has 0 aliphatic heterocycles. The number of pyridine rings is 1. The first-order valence-electron chi connectivity index (χ1n) is 5.58. The number of hydrogen-bond acceptors (Lipinski definition) is 6. The molecule has 0 aromatic carbocycles. The zero-order chi connectivity index (χ0) is 12.8. The zero-order valence-electron chi connectivity index (χ0n) is 9.88. The second-order valence-electron chi connectivity index (χ2n) is 3.53. The monoisotopic (exact) mass is 263 g/mol. The minimum absolute atomic E-state index is 0.285. The quantitative estimate of drug-likeness (QED) is 0.862. The third kappa shape index (κ3) is 3.24. The van der Waals surface area contributed by atoms with Crippen molar-refractivity contribution in [2.75, 3.05) is 17.2 Å². The van der Waals surface area contributed by atoms with Gasteiger partial charge < -0.3 is 5.32 Å². The summed E-state index contributed by atoms with van der Waals surface area (Å²) in [6.45, 7) is 2.90. The molecule has 0 unspecified atom stereocenters. The molecule has 0 aliphatic rings. The Morgan fingerprint density at radius 1 is 1.44 bits per heavy atom. The molecule has 2 aromatic rings. The van der Waals surface area contributed by atoms with Crippen molar-refractivity contribution in [3.63, 3.8) is 0 Å². The van der Waals surface area contributed by atoms with Crippen LogP contribution in [0.1, 0.15) is 23.8 Å². The molecular formula is C11H13N5OS. The van der Waals surface area contributed by atoms with Crippen LogP contribution in [0.25, 0.3) is 0 Å². The van der Waals surface area contributed by atoms with Gasteiger partial charge in [-0.25, -0.2) is 4.98 Å². The molecule has 2 heterocycles. The van der Waals surface area contributed by atoms with Crippen molar-refractivity contribution in [1.82, 2.24) is 15.2 Å². The lowest BCUT2D eigenvalue weighted by atomic mass is 10.3. The number of hydrogen-bond donors (Lipinski definition) is 2. The van der Waals surface area contributed by atoms with Gasteiger partial charge in [-0.15, -0.1) is 10.2 Å². The van der Waals surface area contributed by atoms with Gasteiger partial charge in [-0.3, -0.25) is 10.1 Å². The second-order valence-corrected chi connectivity index (χ2v) is 4.37. The van der Waals surface area contributed by atoms with Crippen molar-refractivity contribution in [3.05, 3.63) is 29.4 Å². The molecule has 0 radical (unpaired) electrons. The van der Waals surface area contributed by atoms with Crippen LogP contribution in [-0.4, -0.2) is 27.6 Å². The van der Waals surface area contributed by atoms with Gasteiger partial charge in [0.05, 0.1) is 0 Å². The van der Waals surface area contributed by atoms with E-state index in [9.17, 15) is 4.79 Å². The number of nitrogens with zero attached hydrogens (tertiary/aromatic N) is 3. The summed E-state index contributed by atoms with van der Waals surface area (Å²) in [5.74, 6) is 0.411. The number of carbonyl (C=O) groups excluding carboxylic acids is 1. The average molecular weight is 263 g/mol. The van der Waals surface area contributed by atoms with Crippen LogP contribution in [0.5, 0.6) is 0 Å². The van der Waals surface area contributed by atoms with Crippen LogP contribution < -0.4 is 10.6 Å². The minimum Gasteiger partial charge on any atom is -0.370 e. The molecule has 18 heavy (non-hydrogen) atoms. The fourth-order valence-corrected chi connectivity index (χ4v) is 1.74. The number of amides is 1. The average Bonchev–Trinajstić information content (AvgIpc) is 2.89. The SMILES string of the molecule is CCCNc1cccc(C(=O)Nc2nncs2)n1. The van der Waals surface area contributed by atoms with E-state index in [-0.39, 0.29) is 5.91 Å². The number of carbonyl (C=O) groups is 1. The Balaban J connectivity index is 2.05. The van der Waals surface area contributed by atoms with E-state index in [0.29, 0.717) is 16.6 Å². The number of rotatable bonds is 5. The zero-order valence-corrected chi connectivity index (χ0v) is 10.7. The third-order valence-corrected chi connectivity index (χ3v) is 2.73. The number of aromatic nitrogens is 3. The Kier molecular flexibility index (Phi) is 4.19. The molecule has 0 aliphatic carbocycles. The molecule has 0 bridgehead atoms. The number of anilines is 2. The predicted octanol–water partition coefficient (Wildman–Crippen LogP) is 2.01. The summed E-state index contributed by atoms with van der Waals surface area (Å²) in [6, 6.07) is 5.28. The number of nitrogens with one attached hydrogen (secondary N) is 2. The van der Waals surface area contributed by atoms with E-state index in [2.05, 4.69) is 32.7 Å². The van der Waals surface area contributed by atoms with Gasteiger partial charge >= 0.3 is 0 Å². The van der Waals surface area contributed by atoms with Gasteiger partial charge in [-0.1, -0.05) is 24.3 Å². The molecule has 7 heteroatoms. The molecule has 6 nitrogen and oxygen atoms in total. The van der Waals surface area contributed by atoms with Gasteiger partial charge in [0.2, 0.25) is 5.13 Å². The molecule has 0 spiro atoms. The van der Waals surface area contributed by atoms with E-state index < -0.39 is 0 Å². The molecule has 0 saturated carbocycles. The summed E-state index contributed by atoms with van der Waals surface area (Å²) in [4.78, 5) is 16.1. The molecular weight excluding hydrogens is 250 g/mol. The van der Waals surface area contributed by atoms with Crippen molar-refractivity contribution in [2.45, 2.75) is 13.3 Å². The van der Waals surface area contributed by atoms with Crippen LogP contribution in [-0.2, 0) is 0 Å². The molecule has 94 valence electrons. The predicted molar refractivity (Wildman–Crippen MR) is 70.9 cm³/mol. The lowest BCUT2D eigenvalue weighted by Crippen LogP contribution is -2.14.